The third-order valence-electron chi connectivity index (χ3n) is 4.85. The second-order valence-electron chi connectivity index (χ2n) is 8.26. The lowest BCUT2D eigenvalue weighted by atomic mass is 10.1. The molecule has 15 heteroatoms. The van der Waals surface area contributed by atoms with Crippen LogP contribution in [0.3, 0.4) is 0 Å². The highest BCUT2D eigenvalue weighted by atomic mass is 32.2. The van der Waals surface area contributed by atoms with Crippen LogP contribution in [0.5, 0.6) is 0 Å². The first-order valence-electron chi connectivity index (χ1n) is 12.3. The second-order valence-corrected chi connectivity index (χ2v) is 11.6. The molecule has 2 atom stereocenters. The highest BCUT2D eigenvalue weighted by molar-refractivity contribution is 8.27. The van der Waals surface area contributed by atoms with Crippen molar-refractivity contribution in [3.05, 3.63) is 71.8 Å². The van der Waals surface area contributed by atoms with Crippen LogP contribution in [0.4, 0.5) is 0 Å². The van der Waals surface area contributed by atoms with Crippen molar-refractivity contribution >= 4 is 79.5 Å². The molecule has 0 saturated carbocycles. The lowest BCUT2D eigenvalue weighted by Crippen LogP contribution is -2.35. The zero-order valence-corrected chi connectivity index (χ0v) is 25.2. The van der Waals surface area contributed by atoms with Gasteiger partial charge in [0.1, 0.15) is 0 Å². The standard InChI is InChI=1S/C27H30N6O6S3/c1-16(34)38-22(18-9-5-3-6-10-18)24(36)32-26(30)41-20(28)13-14-40-15-21(29)42-27(31)33-25(37)23(39-17(2)35)19-11-7-4-8-12-19/h3-12,22-23,28-29H,13-15H2,1-2H3,(H2,30,32,36)(H2,31,33,37)/t22-,23-/m1/s1. The van der Waals surface area contributed by atoms with Crippen LogP contribution >= 0.6 is 35.3 Å². The number of ether oxygens (including phenoxy) is 2. The molecular weight excluding hydrogens is 601 g/mol. The first-order chi connectivity index (χ1) is 20.0. The minimum absolute atomic E-state index is 0.0947. The van der Waals surface area contributed by atoms with Gasteiger partial charge in [0, 0.05) is 37.1 Å². The Bertz CT molecular complexity index is 1340. The van der Waals surface area contributed by atoms with E-state index in [1.165, 1.54) is 25.6 Å². The minimum atomic E-state index is -1.24. The van der Waals surface area contributed by atoms with Crippen molar-refractivity contribution in [3.63, 3.8) is 0 Å². The fourth-order valence-electron chi connectivity index (χ4n) is 3.17. The molecule has 0 radical (unpaired) electrons. The predicted molar refractivity (Wildman–Crippen MR) is 167 cm³/mol. The quantitative estimate of drug-likeness (QED) is 0.104. The van der Waals surface area contributed by atoms with Gasteiger partial charge in [0.15, 0.2) is 10.3 Å². The number of amides is 2. The number of hydrogen-bond donors (Lipinski definition) is 5. The lowest BCUT2D eigenvalue weighted by Gasteiger charge is -2.17. The molecule has 2 amide bonds. The summed E-state index contributed by atoms with van der Waals surface area (Å²) in [5.41, 5.74) is 6.73. The largest absolute Gasteiger partial charge is 0.447 e. The maximum atomic E-state index is 12.6. The molecule has 2 rings (SSSR count). The second kappa shape index (κ2) is 17.8. The normalized spacial score (nSPS) is 12.4. The average Bonchev–Trinajstić information content (AvgIpc) is 2.93. The molecule has 6 N–H and O–H groups in total. The summed E-state index contributed by atoms with van der Waals surface area (Å²) >= 11 is 2.87. The Labute approximate surface area is 255 Å². The third kappa shape index (κ3) is 12.7. The highest BCUT2D eigenvalue weighted by Gasteiger charge is 2.25. The monoisotopic (exact) mass is 630 g/mol. The molecule has 0 saturated heterocycles. The van der Waals surface area contributed by atoms with Crippen molar-refractivity contribution < 1.29 is 28.7 Å². The number of amidine groups is 2. The molecule has 0 unspecified atom stereocenters. The fourth-order valence-corrected chi connectivity index (χ4v) is 5.46. The van der Waals surface area contributed by atoms with Gasteiger partial charge in [-0.1, -0.05) is 60.7 Å². The number of carbonyl (C=O) groups excluding carboxylic acids is 4. The number of benzene rings is 2. The number of nitrogens with two attached hydrogens (primary N) is 1. The van der Waals surface area contributed by atoms with Gasteiger partial charge in [-0.05, 0) is 29.3 Å². The first-order valence-corrected chi connectivity index (χ1v) is 15.0. The zero-order valence-electron chi connectivity index (χ0n) is 22.7. The first kappa shape index (κ1) is 34.3. The van der Waals surface area contributed by atoms with Crippen LogP contribution in [-0.2, 0) is 28.7 Å². The van der Waals surface area contributed by atoms with Crippen LogP contribution in [0.15, 0.2) is 65.7 Å². The van der Waals surface area contributed by atoms with Crippen molar-refractivity contribution in [2.75, 3.05) is 11.5 Å². The van der Waals surface area contributed by atoms with E-state index in [-0.39, 0.29) is 32.6 Å². The fraction of sp³-hybridized carbons (Fsp3) is 0.259. The van der Waals surface area contributed by atoms with Crippen LogP contribution in [0, 0.1) is 16.2 Å². The number of esters is 2. The molecule has 0 aliphatic rings. The lowest BCUT2D eigenvalue weighted by molar-refractivity contribution is -0.153. The molecule has 0 heterocycles. The van der Waals surface area contributed by atoms with E-state index >= 15 is 0 Å². The van der Waals surface area contributed by atoms with E-state index in [4.69, 9.17) is 31.4 Å². The summed E-state index contributed by atoms with van der Waals surface area (Å²) in [5, 5.41) is 26.3. The Balaban J connectivity index is 1.77. The van der Waals surface area contributed by atoms with E-state index < -0.39 is 36.0 Å². The summed E-state index contributed by atoms with van der Waals surface area (Å²) in [4.78, 5) is 51.9. The molecule has 0 aliphatic heterocycles. The van der Waals surface area contributed by atoms with E-state index in [1.54, 1.807) is 60.7 Å². The van der Waals surface area contributed by atoms with Crippen LogP contribution in [0.1, 0.15) is 43.6 Å². The predicted octanol–water partition coefficient (Wildman–Crippen LogP) is 4.03. The van der Waals surface area contributed by atoms with E-state index in [1.807, 2.05) is 0 Å². The molecule has 2 aromatic carbocycles. The van der Waals surface area contributed by atoms with Crippen LogP contribution in [0.25, 0.3) is 0 Å². The van der Waals surface area contributed by atoms with Gasteiger partial charge >= 0.3 is 11.9 Å². The SMILES string of the molecule is CC(=O)O[C@@H](C(=O)N=C(N)SC(=N)CCSCC(=N)SC(=N)NC(=O)[C@H](OC(C)=O)c1ccccc1)c1ccccc1. The Morgan fingerprint density at radius 2 is 1.36 bits per heavy atom. The van der Waals surface area contributed by atoms with Crippen LogP contribution in [0.2, 0.25) is 0 Å². The molecule has 222 valence electrons. The molecule has 0 spiro atoms. The Hall–Kier alpha value is -3.95. The van der Waals surface area contributed by atoms with E-state index in [2.05, 4.69) is 10.3 Å². The molecule has 2 aromatic rings. The number of rotatable bonds is 11. The smallest absolute Gasteiger partial charge is 0.303 e. The number of carbonyl (C=O) groups is 4. The van der Waals surface area contributed by atoms with Crippen LogP contribution in [-0.4, -0.2) is 55.7 Å². The number of aliphatic imine (C=N–C) groups is 1. The summed E-state index contributed by atoms with van der Waals surface area (Å²) in [7, 11) is 0. The third-order valence-corrected chi connectivity index (χ3v) is 7.47. The van der Waals surface area contributed by atoms with E-state index in [0.29, 0.717) is 16.9 Å². The Kier molecular flexibility index (Phi) is 14.5. The molecule has 0 bridgehead atoms. The van der Waals surface area contributed by atoms with Gasteiger partial charge in [0.25, 0.3) is 11.8 Å². The number of nitrogens with one attached hydrogen (secondary N) is 4. The van der Waals surface area contributed by atoms with Crippen molar-refractivity contribution in [2.24, 2.45) is 10.7 Å². The topological polar surface area (TPSA) is 209 Å². The van der Waals surface area contributed by atoms with Crippen molar-refractivity contribution in [1.29, 1.82) is 16.2 Å². The van der Waals surface area contributed by atoms with Gasteiger partial charge in [-0.2, -0.15) is 16.8 Å². The zero-order chi connectivity index (χ0) is 31.1. The number of hydrogen-bond acceptors (Lipinski definition) is 12. The maximum Gasteiger partial charge on any atom is 0.303 e. The van der Waals surface area contributed by atoms with Crippen molar-refractivity contribution in [2.45, 2.75) is 32.5 Å². The summed E-state index contributed by atoms with van der Waals surface area (Å²) < 4.78 is 10.2. The molecular formula is C27H30N6O6S3. The number of nitrogens with zero attached hydrogens (tertiary/aromatic N) is 1. The summed E-state index contributed by atoms with van der Waals surface area (Å²) in [6.07, 6.45) is -2.20. The van der Waals surface area contributed by atoms with Crippen molar-refractivity contribution in [1.82, 2.24) is 5.32 Å². The van der Waals surface area contributed by atoms with Gasteiger partial charge in [0.05, 0.1) is 10.1 Å². The maximum absolute atomic E-state index is 12.6. The van der Waals surface area contributed by atoms with Gasteiger partial charge in [-0.3, -0.25) is 35.4 Å². The molecule has 42 heavy (non-hydrogen) atoms. The molecule has 0 aliphatic carbocycles. The Morgan fingerprint density at radius 1 is 0.833 bits per heavy atom. The minimum Gasteiger partial charge on any atom is -0.447 e. The van der Waals surface area contributed by atoms with Gasteiger partial charge < -0.3 is 20.5 Å². The molecule has 0 fully saturated rings. The van der Waals surface area contributed by atoms with Gasteiger partial charge in [-0.15, -0.1) is 0 Å². The molecule has 0 aromatic heterocycles. The average molecular weight is 631 g/mol. The van der Waals surface area contributed by atoms with Gasteiger partial charge in [0.2, 0.25) is 12.2 Å². The summed E-state index contributed by atoms with van der Waals surface area (Å²) in [6.45, 7) is 2.37. The van der Waals surface area contributed by atoms with Crippen molar-refractivity contribution in [3.8, 4) is 0 Å². The van der Waals surface area contributed by atoms with E-state index in [0.717, 1.165) is 23.5 Å². The van der Waals surface area contributed by atoms with Gasteiger partial charge in [-0.25, -0.2) is 0 Å². The van der Waals surface area contributed by atoms with E-state index in [9.17, 15) is 19.2 Å². The highest BCUT2D eigenvalue weighted by Crippen LogP contribution is 2.21. The summed E-state index contributed by atoms with van der Waals surface area (Å²) in [6, 6.07) is 16.8. The number of thioether (sulfide) groups is 3. The Morgan fingerprint density at radius 3 is 1.90 bits per heavy atom. The molecule has 12 nitrogen and oxygen atoms in total. The summed E-state index contributed by atoms with van der Waals surface area (Å²) in [5.74, 6) is -2.12. The van der Waals surface area contributed by atoms with Crippen LogP contribution < -0.4 is 11.1 Å².